The average molecular weight is 302 g/mol. The fourth-order valence-electron chi connectivity index (χ4n) is 2.28. The van der Waals surface area contributed by atoms with Crippen LogP contribution >= 0.6 is 22.7 Å². The lowest BCUT2D eigenvalue weighted by Crippen LogP contribution is -2.23. The molecule has 0 saturated carbocycles. The van der Waals surface area contributed by atoms with Crippen LogP contribution in [-0.2, 0) is 6.42 Å². The molecule has 0 radical (unpaired) electrons. The third-order valence-corrected chi connectivity index (χ3v) is 5.49. The van der Waals surface area contributed by atoms with Crippen LogP contribution in [0.4, 0.5) is 0 Å². The van der Waals surface area contributed by atoms with Crippen molar-refractivity contribution in [2.24, 2.45) is 0 Å². The highest BCUT2D eigenvalue weighted by Gasteiger charge is 2.15. The van der Waals surface area contributed by atoms with E-state index < -0.39 is 0 Å². The molecule has 3 heterocycles. The van der Waals surface area contributed by atoms with Crippen LogP contribution < -0.4 is 5.32 Å². The second kappa shape index (κ2) is 6.48. The number of hydrogen-bond donors (Lipinski definition) is 1. The van der Waals surface area contributed by atoms with Crippen molar-refractivity contribution in [1.29, 1.82) is 0 Å². The Bertz CT molecular complexity index is 629. The highest BCUT2D eigenvalue weighted by Crippen LogP contribution is 2.34. The Morgan fingerprint density at radius 2 is 2.20 bits per heavy atom. The van der Waals surface area contributed by atoms with Gasteiger partial charge in [-0.25, -0.2) is 0 Å². The normalized spacial score (nSPS) is 12.8. The Labute approximate surface area is 127 Å². The van der Waals surface area contributed by atoms with Gasteiger partial charge in [0.2, 0.25) is 0 Å². The first-order valence-corrected chi connectivity index (χ1v) is 8.66. The first-order chi connectivity index (χ1) is 9.86. The molecule has 1 unspecified atom stereocenters. The second-order valence-corrected chi connectivity index (χ2v) is 6.89. The number of pyridine rings is 1. The molecule has 0 saturated heterocycles. The summed E-state index contributed by atoms with van der Waals surface area (Å²) in [5, 5.41) is 5.82. The largest absolute Gasteiger partial charge is 0.309 e. The summed E-state index contributed by atoms with van der Waals surface area (Å²) in [6, 6.07) is 11.1. The van der Waals surface area contributed by atoms with Crippen LogP contribution in [0.3, 0.4) is 0 Å². The Morgan fingerprint density at radius 3 is 2.95 bits per heavy atom. The van der Waals surface area contributed by atoms with Crippen molar-refractivity contribution in [2.45, 2.75) is 25.8 Å². The van der Waals surface area contributed by atoms with Gasteiger partial charge in [0.05, 0.1) is 0 Å². The zero-order chi connectivity index (χ0) is 13.8. The van der Waals surface area contributed by atoms with Gasteiger partial charge in [-0.2, -0.15) is 0 Å². The third-order valence-electron chi connectivity index (χ3n) is 3.28. The van der Waals surface area contributed by atoms with E-state index in [9.17, 15) is 0 Å². The van der Waals surface area contributed by atoms with Gasteiger partial charge in [-0.3, -0.25) is 4.98 Å². The summed E-state index contributed by atoms with van der Waals surface area (Å²) in [6.45, 7) is 3.25. The van der Waals surface area contributed by atoms with Gasteiger partial charge in [0.1, 0.15) is 0 Å². The SMILES string of the molecule is CCCNC(Cc1ccccn1)c1cc2sccc2s1. The maximum atomic E-state index is 4.46. The molecule has 1 atom stereocenters. The molecule has 0 bridgehead atoms. The molecule has 0 aromatic carbocycles. The quantitative estimate of drug-likeness (QED) is 0.717. The van der Waals surface area contributed by atoms with Crippen molar-refractivity contribution in [3.63, 3.8) is 0 Å². The molecule has 2 nitrogen and oxygen atoms in total. The fourth-order valence-corrected chi connectivity index (χ4v) is 4.47. The van der Waals surface area contributed by atoms with Gasteiger partial charge in [-0.15, -0.1) is 22.7 Å². The molecule has 0 spiro atoms. The fraction of sp³-hybridized carbons (Fsp3) is 0.312. The van der Waals surface area contributed by atoms with Crippen molar-refractivity contribution < 1.29 is 0 Å². The lowest BCUT2D eigenvalue weighted by molar-refractivity contribution is 0.532. The van der Waals surface area contributed by atoms with E-state index in [1.54, 1.807) is 0 Å². The molecule has 3 aromatic heterocycles. The van der Waals surface area contributed by atoms with Gasteiger partial charge < -0.3 is 5.32 Å². The summed E-state index contributed by atoms with van der Waals surface area (Å²) in [4.78, 5) is 5.88. The molecule has 104 valence electrons. The van der Waals surface area contributed by atoms with Gasteiger partial charge in [0, 0.05) is 38.6 Å². The molecule has 0 amide bonds. The number of hydrogen-bond acceptors (Lipinski definition) is 4. The molecule has 0 fully saturated rings. The summed E-state index contributed by atoms with van der Waals surface area (Å²) in [5.74, 6) is 0. The van der Waals surface area contributed by atoms with Crippen LogP contribution in [0.1, 0.15) is 30.0 Å². The Kier molecular flexibility index (Phi) is 4.45. The van der Waals surface area contributed by atoms with Crippen molar-refractivity contribution in [1.82, 2.24) is 10.3 Å². The van der Waals surface area contributed by atoms with Crippen LogP contribution in [0.5, 0.6) is 0 Å². The van der Waals surface area contributed by atoms with E-state index >= 15 is 0 Å². The lowest BCUT2D eigenvalue weighted by atomic mass is 10.1. The summed E-state index contributed by atoms with van der Waals surface area (Å²) in [7, 11) is 0. The smallest absolute Gasteiger partial charge is 0.0471 e. The Morgan fingerprint density at radius 1 is 1.25 bits per heavy atom. The van der Waals surface area contributed by atoms with E-state index in [2.05, 4.69) is 46.9 Å². The van der Waals surface area contributed by atoms with Gasteiger partial charge in [0.25, 0.3) is 0 Å². The minimum absolute atomic E-state index is 0.370. The van der Waals surface area contributed by atoms with Crippen LogP contribution in [-0.4, -0.2) is 11.5 Å². The molecule has 20 heavy (non-hydrogen) atoms. The number of rotatable bonds is 6. The highest BCUT2D eigenvalue weighted by atomic mass is 32.1. The van der Waals surface area contributed by atoms with Crippen LogP contribution in [0, 0.1) is 0 Å². The van der Waals surface area contributed by atoms with Crippen molar-refractivity contribution in [3.05, 3.63) is 52.5 Å². The molecular formula is C16H18N2S2. The standard InChI is InChI=1S/C16H18N2S2/c1-2-7-18-13(10-12-5-3-4-8-17-12)15-11-16-14(20-15)6-9-19-16/h3-6,8-9,11,13,18H,2,7,10H2,1H3. The van der Waals surface area contributed by atoms with Crippen molar-refractivity contribution in [2.75, 3.05) is 6.54 Å². The summed E-state index contributed by atoms with van der Waals surface area (Å²) < 4.78 is 2.80. The average Bonchev–Trinajstić information content (AvgIpc) is 3.05. The van der Waals surface area contributed by atoms with Gasteiger partial charge >= 0.3 is 0 Å². The van der Waals surface area contributed by atoms with E-state index in [1.165, 1.54) is 14.3 Å². The van der Waals surface area contributed by atoms with Crippen molar-refractivity contribution >= 4 is 32.1 Å². The summed E-state index contributed by atoms with van der Waals surface area (Å²) >= 11 is 3.72. The first kappa shape index (κ1) is 13.7. The minimum atomic E-state index is 0.370. The highest BCUT2D eigenvalue weighted by molar-refractivity contribution is 7.26. The molecule has 4 heteroatoms. The molecule has 3 rings (SSSR count). The maximum absolute atomic E-state index is 4.46. The van der Waals surface area contributed by atoms with E-state index in [1.807, 2.05) is 34.9 Å². The van der Waals surface area contributed by atoms with Gasteiger partial charge in [0.15, 0.2) is 0 Å². The number of thiophene rings is 2. The van der Waals surface area contributed by atoms with E-state index in [-0.39, 0.29) is 0 Å². The van der Waals surface area contributed by atoms with Gasteiger partial charge in [-0.05, 0) is 42.6 Å². The zero-order valence-electron chi connectivity index (χ0n) is 11.5. The number of aromatic nitrogens is 1. The molecule has 0 aliphatic carbocycles. The minimum Gasteiger partial charge on any atom is -0.309 e. The summed E-state index contributed by atoms with van der Waals surface area (Å²) in [5.41, 5.74) is 1.15. The summed E-state index contributed by atoms with van der Waals surface area (Å²) in [6.07, 6.45) is 3.98. The zero-order valence-corrected chi connectivity index (χ0v) is 13.1. The molecule has 3 aromatic rings. The maximum Gasteiger partial charge on any atom is 0.0471 e. The van der Waals surface area contributed by atoms with Crippen LogP contribution in [0.15, 0.2) is 41.9 Å². The van der Waals surface area contributed by atoms with Crippen molar-refractivity contribution in [3.8, 4) is 0 Å². The van der Waals surface area contributed by atoms with Gasteiger partial charge in [-0.1, -0.05) is 13.0 Å². The number of nitrogens with one attached hydrogen (secondary N) is 1. The molecule has 0 aliphatic rings. The van der Waals surface area contributed by atoms with E-state index in [0.717, 1.165) is 25.1 Å². The molecule has 1 N–H and O–H groups in total. The third kappa shape index (κ3) is 3.08. The monoisotopic (exact) mass is 302 g/mol. The lowest BCUT2D eigenvalue weighted by Gasteiger charge is -2.16. The van der Waals surface area contributed by atoms with E-state index in [4.69, 9.17) is 0 Å². The topological polar surface area (TPSA) is 24.9 Å². The Hall–Kier alpha value is -1.23. The van der Waals surface area contributed by atoms with E-state index in [0.29, 0.717) is 6.04 Å². The number of fused-ring (bicyclic) bond motifs is 1. The Balaban J connectivity index is 1.83. The second-order valence-electron chi connectivity index (χ2n) is 4.83. The number of nitrogens with zero attached hydrogens (tertiary/aromatic N) is 1. The predicted octanol–water partition coefficient (Wildman–Crippen LogP) is 4.64. The van der Waals surface area contributed by atoms with Crippen LogP contribution in [0.2, 0.25) is 0 Å². The predicted molar refractivity (Wildman–Crippen MR) is 88.7 cm³/mol. The molecule has 0 aliphatic heterocycles. The van der Waals surface area contributed by atoms with Crippen LogP contribution in [0.25, 0.3) is 9.40 Å². The molecular weight excluding hydrogens is 284 g/mol. The first-order valence-electron chi connectivity index (χ1n) is 6.97.